The highest BCUT2D eigenvalue weighted by atomic mass is 16.8. The number of rotatable bonds is 3. The SMILES string of the molecule is CC(C)OC1C2(C(C)C)OC2C2OC23C2(C)CC(O)C4=C(COC4=O)C2CC2OC213. The topological polar surface area (TPSA) is 93.3 Å². The van der Waals surface area contributed by atoms with Crippen LogP contribution in [-0.4, -0.2) is 71.1 Å². The van der Waals surface area contributed by atoms with Gasteiger partial charge in [-0.2, -0.15) is 0 Å². The van der Waals surface area contributed by atoms with Crippen LogP contribution in [0.1, 0.15) is 47.5 Å². The lowest BCUT2D eigenvalue weighted by molar-refractivity contribution is -0.146. The first-order chi connectivity index (χ1) is 14.1. The van der Waals surface area contributed by atoms with E-state index in [9.17, 15) is 9.90 Å². The van der Waals surface area contributed by atoms with Gasteiger partial charge >= 0.3 is 5.97 Å². The predicted octanol–water partition coefficient (Wildman–Crippen LogP) is 1.51. The van der Waals surface area contributed by atoms with Crippen molar-refractivity contribution in [1.29, 1.82) is 0 Å². The number of carbonyl (C=O) groups excluding carboxylic acids is 1. The van der Waals surface area contributed by atoms with E-state index < -0.39 is 17.3 Å². The first-order valence-electron chi connectivity index (χ1n) is 11.4. The van der Waals surface area contributed by atoms with Gasteiger partial charge in [-0.3, -0.25) is 0 Å². The van der Waals surface area contributed by atoms with Gasteiger partial charge in [0.1, 0.15) is 36.1 Å². The molecule has 10 unspecified atom stereocenters. The third-order valence-corrected chi connectivity index (χ3v) is 9.46. The van der Waals surface area contributed by atoms with E-state index >= 15 is 0 Å². The van der Waals surface area contributed by atoms with Gasteiger partial charge in [-0.05, 0) is 44.1 Å². The van der Waals surface area contributed by atoms with Crippen molar-refractivity contribution in [2.75, 3.05) is 6.61 Å². The van der Waals surface area contributed by atoms with E-state index in [0.29, 0.717) is 12.0 Å². The zero-order chi connectivity index (χ0) is 21.0. The molecular weight excluding hydrogens is 388 g/mol. The van der Waals surface area contributed by atoms with E-state index in [2.05, 4.69) is 34.6 Å². The van der Waals surface area contributed by atoms with Crippen LogP contribution in [0.3, 0.4) is 0 Å². The van der Waals surface area contributed by atoms with Gasteiger partial charge in [-0.1, -0.05) is 20.8 Å². The molecule has 7 heteroatoms. The molecule has 4 aliphatic heterocycles. The third-order valence-electron chi connectivity index (χ3n) is 9.46. The van der Waals surface area contributed by atoms with E-state index in [1.807, 2.05) is 0 Å². The highest BCUT2D eigenvalue weighted by molar-refractivity contribution is 5.93. The zero-order valence-electron chi connectivity index (χ0n) is 18.1. The van der Waals surface area contributed by atoms with E-state index in [1.54, 1.807) is 0 Å². The molecule has 0 aromatic carbocycles. The van der Waals surface area contributed by atoms with Crippen LogP contribution in [0, 0.1) is 17.3 Å². The number of aliphatic hydroxyl groups excluding tert-OH is 1. The Kier molecular flexibility index (Phi) is 3.09. The molecule has 7 aliphatic rings. The Morgan fingerprint density at radius 3 is 2.60 bits per heavy atom. The Labute approximate surface area is 176 Å². The maximum atomic E-state index is 12.3. The summed E-state index contributed by atoms with van der Waals surface area (Å²) in [7, 11) is 0. The lowest BCUT2D eigenvalue weighted by atomic mass is 9.46. The zero-order valence-corrected chi connectivity index (χ0v) is 18.1. The number of fused-ring (bicyclic) bond motifs is 4. The Morgan fingerprint density at radius 1 is 1.13 bits per heavy atom. The Hall–Kier alpha value is -0.990. The number of aliphatic hydroxyl groups is 1. The lowest BCUT2D eigenvalue weighted by Gasteiger charge is -2.54. The van der Waals surface area contributed by atoms with Crippen LogP contribution in [0.25, 0.3) is 0 Å². The second-order valence-electron chi connectivity index (χ2n) is 11.2. The lowest BCUT2D eigenvalue weighted by Crippen LogP contribution is -2.70. The van der Waals surface area contributed by atoms with Crippen molar-refractivity contribution >= 4 is 5.97 Å². The summed E-state index contributed by atoms with van der Waals surface area (Å²) < 4.78 is 31.6. The second-order valence-corrected chi connectivity index (χ2v) is 11.2. The fourth-order valence-corrected chi connectivity index (χ4v) is 8.24. The van der Waals surface area contributed by atoms with Crippen molar-refractivity contribution in [3.8, 4) is 0 Å². The number of ether oxygens (including phenoxy) is 5. The first-order valence-corrected chi connectivity index (χ1v) is 11.4. The smallest absolute Gasteiger partial charge is 0.337 e. The molecule has 1 N–H and O–H groups in total. The molecule has 2 spiro atoms. The third kappa shape index (κ3) is 1.63. The molecule has 0 amide bonds. The van der Waals surface area contributed by atoms with Crippen LogP contribution < -0.4 is 0 Å². The number of hydrogen-bond donors (Lipinski definition) is 1. The van der Waals surface area contributed by atoms with Gasteiger partial charge in [0.15, 0.2) is 5.60 Å². The normalized spacial score (nSPS) is 59.0. The van der Waals surface area contributed by atoms with Crippen molar-refractivity contribution in [3.05, 3.63) is 11.1 Å². The molecule has 2 saturated carbocycles. The molecule has 7 rings (SSSR count). The highest BCUT2D eigenvalue weighted by Gasteiger charge is 3.01. The second kappa shape index (κ2) is 4.99. The minimum atomic E-state index is -0.829. The number of cyclic esters (lactones) is 1. The molecule has 0 aromatic rings. The van der Waals surface area contributed by atoms with E-state index in [4.69, 9.17) is 23.7 Å². The molecule has 7 nitrogen and oxygen atoms in total. The minimum Gasteiger partial charge on any atom is -0.458 e. The molecular formula is C23H30O7. The van der Waals surface area contributed by atoms with Crippen molar-refractivity contribution in [1.82, 2.24) is 0 Å². The Bertz CT molecular complexity index is 911. The average molecular weight is 418 g/mol. The molecule has 164 valence electrons. The summed E-state index contributed by atoms with van der Waals surface area (Å²) in [5.74, 6) is 0.0103. The van der Waals surface area contributed by atoms with Gasteiger partial charge in [0.2, 0.25) is 0 Å². The molecule has 3 aliphatic carbocycles. The molecule has 30 heavy (non-hydrogen) atoms. The maximum absolute atomic E-state index is 12.3. The molecule has 5 fully saturated rings. The number of hydrogen-bond acceptors (Lipinski definition) is 7. The largest absolute Gasteiger partial charge is 0.458 e. The van der Waals surface area contributed by atoms with Gasteiger partial charge in [-0.25, -0.2) is 4.79 Å². The van der Waals surface area contributed by atoms with Crippen molar-refractivity contribution in [2.24, 2.45) is 17.3 Å². The van der Waals surface area contributed by atoms with Crippen LogP contribution >= 0.6 is 0 Å². The van der Waals surface area contributed by atoms with Gasteiger partial charge in [0.05, 0.1) is 23.9 Å². The summed E-state index contributed by atoms with van der Waals surface area (Å²) >= 11 is 0. The summed E-state index contributed by atoms with van der Waals surface area (Å²) in [4.78, 5) is 12.3. The van der Waals surface area contributed by atoms with Crippen LogP contribution in [0.5, 0.6) is 0 Å². The van der Waals surface area contributed by atoms with Gasteiger partial charge in [0, 0.05) is 5.41 Å². The van der Waals surface area contributed by atoms with E-state index in [1.165, 1.54) is 0 Å². The maximum Gasteiger partial charge on any atom is 0.337 e. The molecule has 0 bridgehead atoms. The number of carbonyl (C=O) groups is 1. The van der Waals surface area contributed by atoms with Crippen LogP contribution in [-0.2, 0) is 28.5 Å². The molecule has 0 aromatic heterocycles. The standard InChI is InChI=1S/C23H30O7/c1-9(2)21-16(29-21)17-23(30-17)20(5)7-13(24)15-11(8-26-18(15)25)12(20)6-14-22(23,28-14)19(21)27-10(3)4/h9-10,12-14,16-17,19,24H,6-8H2,1-5H3. The Morgan fingerprint density at radius 2 is 1.90 bits per heavy atom. The van der Waals surface area contributed by atoms with Crippen LogP contribution in [0.4, 0.5) is 0 Å². The van der Waals surface area contributed by atoms with Crippen molar-refractivity contribution in [3.63, 3.8) is 0 Å². The predicted molar refractivity (Wildman–Crippen MR) is 102 cm³/mol. The first kappa shape index (κ1) is 18.6. The quantitative estimate of drug-likeness (QED) is 0.548. The van der Waals surface area contributed by atoms with Crippen LogP contribution in [0.15, 0.2) is 11.1 Å². The summed E-state index contributed by atoms with van der Waals surface area (Å²) in [5.41, 5.74) is -0.428. The van der Waals surface area contributed by atoms with E-state index in [0.717, 1.165) is 12.0 Å². The van der Waals surface area contributed by atoms with E-state index in [-0.39, 0.29) is 65.9 Å². The molecule has 0 radical (unpaired) electrons. The van der Waals surface area contributed by atoms with Gasteiger partial charge < -0.3 is 28.8 Å². The van der Waals surface area contributed by atoms with Crippen molar-refractivity contribution < 1.29 is 33.6 Å². The summed E-state index contributed by atoms with van der Waals surface area (Å²) in [6.07, 6.45) is 0.209. The summed E-state index contributed by atoms with van der Waals surface area (Å²) in [6.45, 7) is 11.0. The van der Waals surface area contributed by atoms with Crippen molar-refractivity contribution in [2.45, 2.75) is 101 Å². The highest BCUT2D eigenvalue weighted by Crippen LogP contribution is 2.83. The summed E-state index contributed by atoms with van der Waals surface area (Å²) in [6, 6.07) is 0. The monoisotopic (exact) mass is 418 g/mol. The molecule has 4 heterocycles. The summed E-state index contributed by atoms with van der Waals surface area (Å²) in [5, 5.41) is 11.0. The molecule has 3 saturated heterocycles. The van der Waals surface area contributed by atoms with Crippen LogP contribution in [0.2, 0.25) is 0 Å². The number of epoxide rings is 3. The average Bonchev–Trinajstić information content (AvgIpc) is 3.54. The van der Waals surface area contributed by atoms with Gasteiger partial charge in [0.25, 0.3) is 0 Å². The fourth-order valence-electron chi connectivity index (χ4n) is 8.24. The number of esters is 1. The van der Waals surface area contributed by atoms with Gasteiger partial charge in [-0.15, -0.1) is 0 Å². The fraction of sp³-hybridized carbons (Fsp3) is 0.870. The minimum absolute atomic E-state index is 0.00444. The molecule has 10 atom stereocenters. The Balaban J connectivity index is 1.39.